The third kappa shape index (κ3) is 2.03. The molecule has 0 bridgehead atoms. The molecule has 2 rings (SSSR count). The maximum atomic E-state index is 10.9. The molecule has 0 aliphatic carbocycles. The van der Waals surface area contributed by atoms with Gasteiger partial charge >= 0.3 is 0 Å². The molecule has 1 N–H and O–H groups in total. The maximum absolute atomic E-state index is 10.9. The van der Waals surface area contributed by atoms with Gasteiger partial charge < -0.3 is 9.84 Å². The summed E-state index contributed by atoms with van der Waals surface area (Å²) in [5.74, 6) is 0. The van der Waals surface area contributed by atoms with Crippen LogP contribution in [-0.4, -0.2) is 18.3 Å². The first-order chi connectivity index (χ1) is 8.52. The van der Waals surface area contributed by atoms with E-state index in [9.17, 15) is 10.4 Å². The van der Waals surface area contributed by atoms with Crippen LogP contribution in [0.1, 0.15) is 30.9 Å². The Kier molecular flexibility index (Phi) is 3.43. The number of nitriles is 1. The number of nitrogens with zero attached hydrogens (tertiary/aromatic N) is 1. The van der Waals surface area contributed by atoms with E-state index in [0.29, 0.717) is 19.6 Å². The average Bonchev–Trinajstić information content (AvgIpc) is 2.39. The molecular weight excluding hydrogens is 226 g/mol. The van der Waals surface area contributed by atoms with Crippen LogP contribution in [0.15, 0.2) is 24.3 Å². The van der Waals surface area contributed by atoms with E-state index in [1.54, 1.807) is 6.92 Å². The molecule has 18 heavy (non-hydrogen) atoms. The van der Waals surface area contributed by atoms with E-state index in [-0.39, 0.29) is 0 Å². The molecule has 3 nitrogen and oxygen atoms in total. The molecule has 1 fully saturated rings. The van der Waals surface area contributed by atoms with Gasteiger partial charge in [0.05, 0.1) is 12.7 Å². The number of benzene rings is 1. The van der Waals surface area contributed by atoms with Crippen molar-refractivity contribution in [3.05, 3.63) is 35.4 Å². The van der Waals surface area contributed by atoms with Crippen LogP contribution in [-0.2, 0) is 10.3 Å². The first-order valence-corrected chi connectivity index (χ1v) is 6.30. The summed E-state index contributed by atoms with van der Waals surface area (Å²) < 4.78 is 5.43. The van der Waals surface area contributed by atoms with Crippen molar-refractivity contribution in [2.24, 2.45) is 5.41 Å². The zero-order valence-electron chi connectivity index (χ0n) is 10.9. The van der Waals surface area contributed by atoms with Crippen LogP contribution >= 0.6 is 0 Å². The monoisotopic (exact) mass is 245 g/mol. The van der Waals surface area contributed by atoms with E-state index >= 15 is 0 Å². The van der Waals surface area contributed by atoms with E-state index in [1.165, 1.54) is 0 Å². The van der Waals surface area contributed by atoms with Crippen LogP contribution in [0.5, 0.6) is 0 Å². The Bertz CT molecular complexity index is 468. The molecule has 1 heterocycles. The van der Waals surface area contributed by atoms with Crippen LogP contribution in [0.4, 0.5) is 0 Å². The van der Waals surface area contributed by atoms with Crippen molar-refractivity contribution in [2.45, 2.75) is 32.3 Å². The normalized spacial score (nSPS) is 27.2. The van der Waals surface area contributed by atoms with E-state index < -0.39 is 11.0 Å². The molecule has 0 saturated carbocycles. The number of aryl methyl sites for hydroxylation is 1. The Morgan fingerprint density at radius 2 is 2.28 bits per heavy atom. The number of aliphatic hydroxyl groups is 1. The third-order valence-corrected chi connectivity index (χ3v) is 3.97. The highest BCUT2D eigenvalue weighted by Gasteiger charge is 2.50. The number of hydrogen-bond acceptors (Lipinski definition) is 3. The van der Waals surface area contributed by atoms with Gasteiger partial charge in [0.25, 0.3) is 0 Å². The van der Waals surface area contributed by atoms with Crippen LogP contribution in [0.25, 0.3) is 0 Å². The summed E-state index contributed by atoms with van der Waals surface area (Å²) in [5, 5.41) is 20.4. The SMILES string of the molecule is Cc1cccc(C(C)(O)C2(C#N)CCCOC2)c1. The highest BCUT2D eigenvalue weighted by molar-refractivity contribution is 5.31. The Morgan fingerprint density at radius 1 is 1.50 bits per heavy atom. The topological polar surface area (TPSA) is 53.2 Å². The lowest BCUT2D eigenvalue weighted by Crippen LogP contribution is -2.48. The minimum absolute atomic E-state index is 0.296. The van der Waals surface area contributed by atoms with Crippen molar-refractivity contribution in [2.75, 3.05) is 13.2 Å². The number of ether oxygens (including phenoxy) is 1. The smallest absolute Gasteiger partial charge is 0.113 e. The van der Waals surface area contributed by atoms with Gasteiger partial charge in [-0.15, -0.1) is 0 Å². The fraction of sp³-hybridized carbons (Fsp3) is 0.533. The summed E-state index contributed by atoms with van der Waals surface area (Å²) >= 11 is 0. The summed E-state index contributed by atoms with van der Waals surface area (Å²) in [5.41, 5.74) is -0.167. The summed E-state index contributed by atoms with van der Waals surface area (Å²) in [7, 11) is 0. The quantitative estimate of drug-likeness (QED) is 0.871. The van der Waals surface area contributed by atoms with Crippen molar-refractivity contribution >= 4 is 0 Å². The molecule has 1 aliphatic rings. The summed E-state index contributed by atoms with van der Waals surface area (Å²) in [4.78, 5) is 0. The number of rotatable bonds is 2. The van der Waals surface area contributed by atoms with Crippen LogP contribution < -0.4 is 0 Å². The average molecular weight is 245 g/mol. The summed E-state index contributed by atoms with van der Waals surface area (Å²) in [6.07, 6.45) is 1.49. The molecule has 1 aromatic carbocycles. The van der Waals surface area contributed by atoms with Gasteiger partial charge in [0.2, 0.25) is 0 Å². The Labute approximate surface area is 108 Å². The van der Waals surface area contributed by atoms with E-state index in [1.807, 2.05) is 31.2 Å². The van der Waals surface area contributed by atoms with Gasteiger partial charge in [-0.2, -0.15) is 5.26 Å². The first-order valence-electron chi connectivity index (χ1n) is 6.30. The summed E-state index contributed by atoms with van der Waals surface area (Å²) in [6.45, 7) is 4.67. The van der Waals surface area contributed by atoms with Crippen molar-refractivity contribution in [3.8, 4) is 6.07 Å². The molecule has 0 amide bonds. The van der Waals surface area contributed by atoms with Gasteiger partial charge in [-0.05, 0) is 32.3 Å². The van der Waals surface area contributed by atoms with Crippen LogP contribution in [0.3, 0.4) is 0 Å². The lowest BCUT2D eigenvalue weighted by Gasteiger charge is -2.42. The zero-order chi connectivity index (χ0) is 13.2. The van der Waals surface area contributed by atoms with Gasteiger partial charge in [-0.1, -0.05) is 29.8 Å². The minimum atomic E-state index is -1.19. The molecular formula is C15H19NO2. The van der Waals surface area contributed by atoms with Gasteiger partial charge in [-0.25, -0.2) is 0 Å². The lowest BCUT2D eigenvalue weighted by molar-refractivity contribution is -0.113. The Hall–Kier alpha value is -1.37. The van der Waals surface area contributed by atoms with Crippen LogP contribution in [0, 0.1) is 23.7 Å². The highest BCUT2D eigenvalue weighted by atomic mass is 16.5. The highest BCUT2D eigenvalue weighted by Crippen LogP contribution is 2.45. The molecule has 1 aromatic rings. The van der Waals surface area contributed by atoms with Crippen molar-refractivity contribution in [3.63, 3.8) is 0 Å². The van der Waals surface area contributed by atoms with Crippen molar-refractivity contribution in [1.82, 2.24) is 0 Å². The van der Waals surface area contributed by atoms with Gasteiger partial charge in [-0.3, -0.25) is 0 Å². The maximum Gasteiger partial charge on any atom is 0.113 e. The minimum Gasteiger partial charge on any atom is -0.384 e. The molecule has 96 valence electrons. The van der Waals surface area contributed by atoms with Crippen molar-refractivity contribution < 1.29 is 9.84 Å². The molecule has 2 atom stereocenters. The van der Waals surface area contributed by atoms with E-state index in [0.717, 1.165) is 17.5 Å². The van der Waals surface area contributed by atoms with E-state index in [4.69, 9.17) is 4.74 Å². The van der Waals surface area contributed by atoms with Gasteiger partial charge in [0.15, 0.2) is 0 Å². The second-order valence-electron chi connectivity index (χ2n) is 5.29. The van der Waals surface area contributed by atoms with Crippen LogP contribution in [0.2, 0.25) is 0 Å². The Morgan fingerprint density at radius 3 is 2.83 bits per heavy atom. The molecule has 1 aliphatic heterocycles. The second kappa shape index (κ2) is 4.72. The molecule has 0 spiro atoms. The summed E-state index contributed by atoms with van der Waals surface area (Å²) in [6, 6.07) is 10.0. The molecule has 0 radical (unpaired) electrons. The Balaban J connectivity index is 2.43. The molecule has 1 saturated heterocycles. The standard InChI is InChI=1S/C15H19NO2/c1-12-5-3-6-13(9-12)14(2,17)15(10-16)7-4-8-18-11-15/h3,5-6,9,17H,4,7-8,11H2,1-2H3. The first kappa shape index (κ1) is 13.1. The molecule has 2 unspecified atom stereocenters. The lowest BCUT2D eigenvalue weighted by atomic mass is 9.67. The number of hydrogen-bond donors (Lipinski definition) is 1. The van der Waals surface area contributed by atoms with Gasteiger partial charge in [0.1, 0.15) is 11.0 Å². The third-order valence-electron chi connectivity index (χ3n) is 3.97. The second-order valence-corrected chi connectivity index (χ2v) is 5.29. The van der Waals surface area contributed by atoms with Crippen molar-refractivity contribution in [1.29, 1.82) is 5.26 Å². The molecule has 3 heteroatoms. The predicted octanol–water partition coefficient (Wildman–Crippen LogP) is 2.52. The van der Waals surface area contributed by atoms with Gasteiger partial charge in [0, 0.05) is 6.61 Å². The fourth-order valence-corrected chi connectivity index (χ4v) is 2.60. The largest absolute Gasteiger partial charge is 0.384 e. The van der Waals surface area contributed by atoms with E-state index in [2.05, 4.69) is 6.07 Å². The zero-order valence-corrected chi connectivity index (χ0v) is 10.9. The molecule has 0 aromatic heterocycles. The fourth-order valence-electron chi connectivity index (χ4n) is 2.60. The predicted molar refractivity (Wildman–Crippen MR) is 68.8 cm³/mol.